The van der Waals surface area contributed by atoms with E-state index >= 15 is 0 Å². The summed E-state index contributed by atoms with van der Waals surface area (Å²) < 4.78 is 16.3. The summed E-state index contributed by atoms with van der Waals surface area (Å²) >= 11 is 0. The monoisotopic (exact) mass is 613 g/mol. The fourth-order valence-electron chi connectivity index (χ4n) is 4.77. The average molecular weight is 614 g/mol. The molecule has 0 bridgehead atoms. The van der Waals surface area contributed by atoms with Crippen LogP contribution in [0.25, 0.3) is 22.4 Å². The maximum Gasteiger partial charge on any atom is 0.341 e. The lowest BCUT2D eigenvalue weighted by Gasteiger charge is -2.14. The van der Waals surface area contributed by atoms with Crippen LogP contribution in [0.15, 0.2) is 66.7 Å². The van der Waals surface area contributed by atoms with E-state index in [1.54, 1.807) is 18.2 Å². The van der Waals surface area contributed by atoms with Gasteiger partial charge in [-0.25, -0.2) is 9.78 Å². The van der Waals surface area contributed by atoms with Crippen molar-refractivity contribution in [2.45, 2.75) is 39.2 Å². The number of benzene rings is 3. The quantitative estimate of drug-likeness (QED) is 0.0624. The number of hydrogen-bond donors (Lipinski definition) is 3. The summed E-state index contributed by atoms with van der Waals surface area (Å²) in [5.74, 6) is -1.90. The largest absolute Gasteiger partial charge is 0.469 e. The van der Waals surface area contributed by atoms with E-state index in [2.05, 4.69) is 26.9 Å². The fourth-order valence-corrected chi connectivity index (χ4v) is 4.77. The molecule has 0 unspecified atom stereocenters. The number of aromatic nitrogens is 2. The van der Waals surface area contributed by atoms with Gasteiger partial charge in [0.05, 0.1) is 30.1 Å². The predicted octanol–water partition coefficient (Wildman–Crippen LogP) is 3.98. The highest BCUT2D eigenvalue weighted by molar-refractivity contribution is 6.04. The normalized spacial score (nSPS) is 10.7. The highest BCUT2D eigenvalue weighted by Gasteiger charge is 2.20. The summed E-state index contributed by atoms with van der Waals surface area (Å²) in [6.07, 6.45) is 2.68. The predicted molar refractivity (Wildman–Crippen MR) is 167 cm³/mol. The molecule has 4 rings (SSSR count). The van der Waals surface area contributed by atoms with Crippen LogP contribution in [0.1, 0.15) is 58.0 Å². The Morgan fingerprint density at radius 3 is 2.42 bits per heavy atom. The molecule has 0 aliphatic carbocycles. The number of nitrogens with one attached hydrogen (secondary N) is 2. The number of carbonyl (C=O) groups excluding carboxylic acids is 4. The molecule has 0 radical (unpaired) electrons. The Kier molecular flexibility index (Phi) is 11.0. The van der Waals surface area contributed by atoms with Gasteiger partial charge in [0.1, 0.15) is 11.7 Å². The maximum atomic E-state index is 12.8. The second kappa shape index (κ2) is 15.3. The van der Waals surface area contributed by atoms with Crippen LogP contribution >= 0.6 is 0 Å². The van der Waals surface area contributed by atoms with E-state index < -0.39 is 24.7 Å². The van der Waals surface area contributed by atoms with Crippen molar-refractivity contribution in [2.75, 3.05) is 20.4 Å². The zero-order valence-electron chi connectivity index (χ0n) is 25.1. The number of rotatable bonds is 14. The van der Waals surface area contributed by atoms with Gasteiger partial charge in [-0.3, -0.25) is 19.8 Å². The lowest BCUT2D eigenvalue weighted by molar-refractivity contribution is -0.149. The number of amidine groups is 1. The zero-order valence-corrected chi connectivity index (χ0v) is 25.1. The van der Waals surface area contributed by atoms with Gasteiger partial charge in [-0.1, -0.05) is 30.3 Å². The molecule has 45 heavy (non-hydrogen) atoms. The van der Waals surface area contributed by atoms with E-state index in [1.165, 1.54) is 31.7 Å². The van der Waals surface area contributed by atoms with Gasteiger partial charge in [0, 0.05) is 36.7 Å². The molecule has 4 N–H and O–H groups in total. The van der Waals surface area contributed by atoms with E-state index in [1.807, 2.05) is 28.8 Å². The van der Waals surface area contributed by atoms with Crippen LogP contribution in [0.5, 0.6) is 0 Å². The van der Waals surface area contributed by atoms with Crippen LogP contribution in [0.4, 0.5) is 0 Å². The van der Waals surface area contributed by atoms with E-state index in [9.17, 15) is 19.2 Å². The number of methoxy groups -OCH3 is 1. The lowest BCUT2D eigenvalue weighted by atomic mass is 10.0. The molecule has 1 aromatic heterocycles. The molecule has 4 aromatic rings. The van der Waals surface area contributed by atoms with Crippen molar-refractivity contribution < 1.29 is 33.4 Å². The molecule has 0 fully saturated rings. The Bertz CT molecular complexity index is 1720. The number of nitrogen functional groups attached to an aromatic ring is 1. The fraction of sp³-hybridized carbons (Fsp3) is 0.273. The second-order valence-corrected chi connectivity index (χ2v) is 10.2. The van der Waals surface area contributed by atoms with Crippen LogP contribution in [-0.4, -0.2) is 59.6 Å². The summed E-state index contributed by atoms with van der Waals surface area (Å²) in [5.41, 5.74) is 9.80. The van der Waals surface area contributed by atoms with Gasteiger partial charge in [0.2, 0.25) is 6.79 Å². The van der Waals surface area contributed by atoms with Crippen molar-refractivity contribution in [3.8, 4) is 11.4 Å². The molecule has 0 saturated carbocycles. The van der Waals surface area contributed by atoms with Crippen LogP contribution in [0, 0.1) is 5.41 Å². The molecule has 0 saturated heterocycles. The number of aryl methyl sites for hydroxylation is 2. The van der Waals surface area contributed by atoms with E-state index in [4.69, 9.17) is 20.9 Å². The molecule has 3 aromatic carbocycles. The number of amides is 1. The molecule has 0 atom stereocenters. The Labute approximate surface area is 260 Å². The minimum atomic E-state index is -0.748. The molecule has 0 aliphatic heterocycles. The van der Waals surface area contributed by atoms with Gasteiger partial charge in [-0.05, 0) is 61.2 Å². The first-order valence-corrected chi connectivity index (χ1v) is 14.4. The van der Waals surface area contributed by atoms with Crippen LogP contribution in [-0.2, 0) is 36.8 Å². The standard InChI is InChI=1S/C33H35N5O7/c1-21(39)44-20-45-33(42)24-11-13-25(26(18-24)30(34)35)31-37-27-19-23(32(41)36-16-15-29(40)43-2)12-14-28(27)38(31)17-7-6-10-22-8-4-3-5-9-22/h3-5,8-9,11-14,18-19H,6-7,10,15-17,20H2,1-2H3,(H3,34,35)(H,36,41). The number of nitrogens with zero attached hydrogens (tertiary/aromatic N) is 2. The van der Waals surface area contributed by atoms with Gasteiger partial charge >= 0.3 is 17.9 Å². The third-order valence-corrected chi connectivity index (χ3v) is 7.03. The number of fused-ring (bicyclic) bond motifs is 1. The van der Waals surface area contributed by atoms with Crippen LogP contribution < -0.4 is 11.1 Å². The third-order valence-electron chi connectivity index (χ3n) is 7.03. The Balaban J connectivity index is 1.66. The Morgan fingerprint density at radius 2 is 1.71 bits per heavy atom. The minimum absolute atomic E-state index is 0.0490. The number of carbonyl (C=O) groups is 4. The highest BCUT2D eigenvalue weighted by Crippen LogP contribution is 2.30. The number of esters is 3. The van der Waals surface area contributed by atoms with Crippen LogP contribution in [0.3, 0.4) is 0 Å². The molecule has 12 heteroatoms. The maximum absolute atomic E-state index is 12.8. The van der Waals surface area contributed by atoms with Crippen molar-refractivity contribution >= 4 is 40.7 Å². The summed E-state index contributed by atoms with van der Waals surface area (Å²) in [4.78, 5) is 52.7. The van der Waals surface area contributed by atoms with Crippen molar-refractivity contribution in [1.82, 2.24) is 14.9 Å². The molecule has 1 amide bonds. The number of nitrogens with two attached hydrogens (primary N) is 1. The van der Waals surface area contributed by atoms with Gasteiger partial charge in [-0.2, -0.15) is 0 Å². The molecule has 12 nitrogen and oxygen atoms in total. The number of ether oxygens (including phenoxy) is 3. The van der Waals surface area contributed by atoms with Gasteiger partial charge in [0.25, 0.3) is 5.91 Å². The van der Waals surface area contributed by atoms with E-state index in [0.717, 1.165) is 24.8 Å². The summed E-state index contributed by atoms with van der Waals surface area (Å²) in [7, 11) is 1.29. The van der Waals surface area contributed by atoms with E-state index in [0.29, 0.717) is 29.0 Å². The zero-order chi connectivity index (χ0) is 32.3. The van der Waals surface area contributed by atoms with Gasteiger partial charge in [0.15, 0.2) is 0 Å². The van der Waals surface area contributed by atoms with Crippen molar-refractivity contribution in [2.24, 2.45) is 5.73 Å². The highest BCUT2D eigenvalue weighted by atomic mass is 16.7. The lowest BCUT2D eigenvalue weighted by Crippen LogP contribution is -2.26. The molecule has 0 spiro atoms. The van der Waals surface area contributed by atoms with Crippen molar-refractivity contribution in [1.29, 1.82) is 5.41 Å². The second-order valence-electron chi connectivity index (χ2n) is 10.2. The molecular formula is C33H35N5O7. The first kappa shape index (κ1) is 32.4. The first-order valence-electron chi connectivity index (χ1n) is 14.4. The Hall–Kier alpha value is -5.52. The molecule has 1 heterocycles. The summed E-state index contributed by atoms with van der Waals surface area (Å²) in [5, 5.41) is 11.0. The summed E-state index contributed by atoms with van der Waals surface area (Å²) in [6.45, 7) is 1.38. The SMILES string of the molecule is COC(=O)CCNC(=O)c1ccc2c(c1)nc(-c1ccc(C(=O)OCOC(C)=O)cc1C(=N)N)n2CCCCc1ccccc1. The van der Waals surface area contributed by atoms with E-state index in [-0.39, 0.29) is 35.8 Å². The number of unbranched alkanes of at least 4 members (excludes halogenated alkanes) is 1. The van der Waals surface area contributed by atoms with Crippen molar-refractivity contribution in [3.05, 3.63) is 89.0 Å². The topological polar surface area (TPSA) is 176 Å². The Morgan fingerprint density at radius 1 is 0.956 bits per heavy atom. The van der Waals surface area contributed by atoms with Gasteiger partial charge < -0.3 is 29.8 Å². The van der Waals surface area contributed by atoms with Crippen LogP contribution in [0.2, 0.25) is 0 Å². The van der Waals surface area contributed by atoms with Crippen molar-refractivity contribution in [3.63, 3.8) is 0 Å². The smallest absolute Gasteiger partial charge is 0.341 e. The summed E-state index contributed by atoms with van der Waals surface area (Å²) in [6, 6.07) is 20.0. The molecular weight excluding hydrogens is 578 g/mol. The number of hydrogen-bond acceptors (Lipinski definition) is 9. The molecule has 0 aliphatic rings. The van der Waals surface area contributed by atoms with Gasteiger partial charge in [-0.15, -0.1) is 0 Å². The molecule has 234 valence electrons. The first-order chi connectivity index (χ1) is 21.7. The minimum Gasteiger partial charge on any atom is -0.469 e. The third kappa shape index (κ3) is 8.53. The number of imidazole rings is 1. The average Bonchev–Trinajstić information content (AvgIpc) is 3.40.